The van der Waals surface area contributed by atoms with Gasteiger partial charge in [0.2, 0.25) is 0 Å². The molecule has 0 fully saturated rings. The number of fused-ring (bicyclic) bond motifs is 3. The molecular formula is C20H21FN2. The van der Waals surface area contributed by atoms with E-state index in [0.29, 0.717) is 0 Å². The minimum absolute atomic E-state index is 0.0280. The predicted molar refractivity (Wildman–Crippen MR) is 92.5 cm³/mol. The Bertz CT molecular complexity index is 887. The summed E-state index contributed by atoms with van der Waals surface area (Å²) in [7, 11) is 0. The van der Waals surface area contributed by atoms with Crippen molar-refractivity contribution in [2.45, 2.75) is 33.2 Å². The second-order valence-corrected chi connectivity index (χ2v) is 6.72. The number of aromatic amines is 1. The fourth-order valence-electron chi connectivity index (χ4n) is 3.90. The average Bonchev–Trinajstić information content (AvgIpc) is 2.85. The van der Waals surface area contributed by atoms with Crippen molar-refractivity contribution in [2.75, 3.05) is 6.54 Å². The van der Waals surface area contributed by atoms with Gasteiger partial charge in [0.15, 0.2) is 0 Å². The van der Waals surface area contributed by atoms with E-state index in [1.165, 1.54) is 33.3 Å². The molecule has 2 aromatic carbocycles. The SMILES string of the molecule is Cc1cc(F)cc(C2NCCc3c2[nH]c2c(C)cc(C)cc32)c1. The summed E-state index contributed by atoms with van der Waals surface area (Å²) in [4.78, 5) is 3.61. The first-order valence-electron chi connectivity index (χ1n) is 8.15. The van der Waals surface area contributed by atoms with E-state index in [1.54, 1.807) is 12.1 Å². The Labute approximate surface area is 135 Å². The van der Waals surface area contributed by atoms with Crippen molar-refractivity contribution in [1.82, 2.24) is 10.3 Å². The Hall–Kier alpha value is -2.13. The number of halogens is 1. The van der Waals surface area contributed by atoms with Crippen LogP contribution in [-0.2, 0) is 6.42 Å². The maximum Gasteiger partial charge on any atom is 0.123 e. The number of H-pyrrole nitrogens is 1. The zero-order valence-corrected chi connectivity index (χ0v) is 13.8. The molecule has 2 heterocycles. The third-order valence-electron chi connectivity index (χ3n) is 4.80. The highest BCUT2D eigenvalue weighted by molar-refractivity contribution is 5.88. The van der Waals surface area contributed by atoms with Gasteiger partial charge in [0, 0.05) is 23.1 Å². The summed E-state index contributed by atoms with van der Waals surface area (Å²) >= 11 is 0. The highest BCUT2D eigenvalue weighted by Gasteiger charge is 2.26. The van der Waals surface area contributed by atoms with Crippen LogP contribution in [0, 0.1) is 26.6 Å². The minimum Gasteiger partial charge on any atom is -0.356 e. The molecule has 23 heavy (non-hydrogen) atoms. The Morgan fingerprint density at radius 3 is 2.57 bits per heavy atom. The molecule has 118 valence electrons. The fraction of sp³-hybridized carbons (Fsp3) is 0.300. The molecule has 1 aliphatic rings. The van der Waals surface area contributed by atoms with Gasteiger partial charge >= 0.3 is 0 Å². The van der Waals surface area contributed by atoms with Gasteiger partial charge in [0.1, 0.15) is 5.82 Å². The Balaban J connectivity index is 1.93. The molecule has 1 atom stereocenters. The number of hydrogen-bond donors (Lipinski definition) is 2. The van der Waals surface area contributed by atoms with E-state index in [9.17, 15) is 4.39 Å². The lowest BCUT2D eigenvalue weighted by atomic mass is 9.93. The van der Waals surface area contributed by atoms with Gasteiger partial charge < -0.3 is 10.3 Å². The molecule has 2 nitrogen and oxygen atoms in total. The maximum atomic E-state index is 13.8. The predicted octanol–water partition coefficient (Wildman–Crippen LogP) is 4.47. The van der Waals surface area contributed by atoms with Crippen LogP contribution in [-0.4, -0.2) is 11.5 Å². The van der Waals surface area contributed by atoms with Gasteiger partial charge in [-0.05, 0) is 67.6 Å². The quantitative estimate of drug-likeness (QED) is 0.682. The van der Waals surface area contributed by atoms with Gasteiger partial charge in [-0.2, -0.15) is 0 Å². The summed E-state index contributed by atoms with van der Waals surface area (Å²) in [5.74, 6) is -0.169. The van der Waals surface area contributed by atoms with Gasteiger partial charge in [-0.15, -0.1) is 0 Å². The molecule has 0 aliphatic carbocycles. The highest BCUT2D eigenvalue weighted by Crippen LogP contribution is 2.35. The van der Waals surface area contributed by atoms with Crippen LogP contribution in [0.5, 0.6) is 0 Å². The molecule has 0 spiro atoms. The zero-order valence-electron chi connectivity index (χ0n) is 13.8. The minimum atomic E-state index is -0.169. The van der Waals surface area contributed by atoms with Crippen molar-refractivity contribution in [3.63, 3.8) is 0 Å². The zero-order chi connectivity index (χ0) is 16.1. The van der Waals surface area contributed by atoms with Crippen LogP contribution < -0.4 is 5.32 Å². The van der Waals surface area contributed by atoms with Crippen molar-refractivity contribution in [3.8, 4) is 0 Å². The molecule has 0 amide bonds. The lowest BCUT2D eigenvalue weighted by molar-refractivity contribution is 0.553. The topological polar surface area (TPSA) is 27.8 Å². The summed E-state index contributed by atoms with van der Waals surface area (Å²) in [5, 5.41) is 4.86. The summed E-state index contributed by atoms with van der Waals surface area (Å²) in [6, 6.07) is 9.78. The van der Waals surface area contributed by atoms with Gasteiger partial charge in [0.25, 0.3) is 0 Å². The Morgan fingerprint density at radius 1 is 1.00 bits per heavy atom. The number of benzene rings is 2. The smallest absolute Gasteiger partial charge is 0.123 e. The molecule has 3 heteroatoms. The van der Waals surface area contributed by atoms with Crippen molar-refractivity contribution < 1.29 is 4.39 Å². The molecule has 0 saturated carbocycles. The number of rotatable bonds is 1. The highest BCUT2D eigenvalue weighted by atomic mass is 19.1. The first-order valence-corrected chi connectivity index (χ1v) is 8.15. The summed E-state index contributed by atoms with van der Waals surface area (Å²) < 4.78 is 13.8. The number of hydrogen-bond acceptors (Lipinski definition) is 1. The first kappa shape index (κ1) is 14.5. The van der Waals surface area contributed by atoms with Gasteiger partial charge in [-0.1, -0.05) is 17.7 Å². The monoisotopic (exact) mass is 308 g/mol. The van der Waals surface area contributed by atoms with Gasteiger partial charge in [-0.25, -0.2) is 4.39 Å². The summed E-state index contributed by atoms with van der Waals surface area (Å²) in [5.41, 5.74) is 8.27. The first-order chi connectivity index (χ1) is 11.0. The average molecular weight is 308 g/mol. The van der Waals surface area contributed by atoms with Crippen molar-refractivity contribution >= 4 is 10.9 Å². The van der Waals surface area contributed by atoms with Crippen LogP contribution >= 0.6 is 0 Å². The summed E-state index contributed by atoms with van der Waals surface area (Å²) in [6.07, 6.45) is 1.00. The van der Waals surface area contributed by atoms with Gasteiger partial charge in [-0.3, -0.25) is 0 Å². The van der Waals surface area contributed by atoms with E-state index in [4.69, 9.17) is 0 Å². The van der Waals surface area contributed by atoms with E-state index in [2.05, 4.69) is 42.3 Å². The molecule has 0 saturated heterocycles. The van der Waals surface area contributed by atoms with Crippen LogP contribution in [0.4, 0.5) is 4.39 Å². The third-order valence-corrected chi connectivity index (χ3v) is 4.80. The summed E-state index contributed by atoms with van der Waals surface area (Å²) in [6.45, 7) is 7.13. The second kappa shape index (κ2) is 5.20. The fourth-order valence-corrected chi connectivity index (χ4v) is 3.90. The number of nitrogens with one attached hydrogen (secondary N) is 2. The Kier molecular flexibility index (Phi) is 3.27. The van der Waals surface area contributed by atoms with Crippen molar-refractivity contribution in [1.29, 1.82) is 0 Å². The maximum absolute atomic E-state index is 13.8. The van der Waals surface area contributed by atoms with E-state index in [0.717, 1.165) is 24.1 Å². The van der Waals surface area contributed by atoms with Crippen LogP contribution in [0.25, 0.3) is 10.9 Å². The Morgan fingerprint density at radius 2 is 1.78 bits per heavy atom. The third kappa shape index (κ3) is 2.36. The second-order valence-electron chi connectivity index (χ2n) is 6.72. The molecule has 0 radical (unpaired) electrons. The molecule has 4 rings (SSSR count). The lowest BCUT2D eigenvalue weighted by Gasteiger charge is -2.25. The molecule has 2 N–H and O–H groups in total. The van der Waals surface area contributed by atoms with Gasteiger partial charge in [0.05, 0.1) is 6.04 Å². The van der Waals surface area contributed by atoms with Crippen LogP contribution in [0.15, 0.2) is 30.3 Å². The molecule has 1 unspecified atom stereocenters. The van der Waals surface area contributed by atoms with E-state index >= 15 is 0 Å². The van der Waals surface area contributed by atoms with Crippen LogP contribution in [0.1, 0.15) is 39.6 Å². The van der Waals surface area contributed by atoms with E-state index < -0.39 is 0 Å². The molecule has 0 bridgehead atoms. The van der Waals surface area contributed by atoms with E-state index in [-0.39, 0.29) is 11.9 Å². The number of aromatic nitrogens is 1. The van der Waals surface area contributed by atoms with Crippen LogP contribution in [0.2, 0.25) is 0 Å². The number of aryl methyl sites for hydroxylation is 3. The van der Waals surface area contributed by atoms with Crippen molar-refractivity contribution in [3.05, 3.63) is 69.7 Å². The molecule has 1 aliphatic heterocycles. The molecule has 1 aromatic heterocycles. The largest absolute Gasteiger partial charge is 0.356 e. The molecular weight excluding hydrogens is 287 g/mol. The lowest BCUT2D eigenvalue weighted by Crippen LogP contribution is -2.30. The van der Waals surface area contributed by atoms with E-state index in [1.807, 2.05) is 6.92 Å². The standard InChI is InChI=1S/C20H21FN2/c1-11-6-13(3)18-17(9-11)16-4-5-22-19(20(16)23-18)14-7-12(2)8-15(21)10-14/h6-10,19,22-23H,4-5H2,1-3H3. The van der Waals surface area contributed by atoms with Crippen molar-refractivity contribution in [2.24, 2.45) is 0 Å². The normalized spacial score (nSPS) is 17.5. The molecule has 3 aromatic rings. The van der Waals surface area contributed by atoms with Crippen LogP contribution in [0.3, 0.4) is 0 Å².